The predicted octanol–water partition coefficient (Wildman–Crippen LogP) is 1.77. The molecular formula is C8H7N3O2S. The lowest BCUT2D eigenvalue weighted by Gasteiger charge is -1.94. The molecule has 2 heterocycles. The van der Waals surface area contributed by atoms with E-state index in [1.54, 1.807) is 18.5 Å². The second-order valence-electron chi connectivity index (χ2n) is 2.73. The Morgan fingerprint density at radius 1 is 1.43 bits per heavy atom. The Balaban J connectivity index is 2.63. The highest BCUT2D eigenvalue weighted by atomic mass is 32.1. The van der Waals surface area contributed by atoms with Gasteiger partial charge in [0.25, 0.3) is 0 Å². The van der Waals surface area contributed by atoms with E-state index in [1.165, 1.54) is 0 Å². The minimum Gasteiger partial charge on any atom is -0.477 e. The summed E-state index contributed by atoms with van der Waals surface area (Å²) in [5.41, 5.74) is 1.33. The summed E-state index contributed by atoms with van der Waals surface area (Å²) in [5.74, 6) is -1.03. The van der Waals surface area contributed by atoms with Gasteiger partial charge in [0.1, 0.15) is 0 Å². The number of H-pyrrole nitrogens is 3. The average molecular weight is 209 g/mol. The van der Waals surface area contributed by atoms with Crippen molar-refractivity contribution in [3.63, 3.8) is 0 Å². The summed E-state index contributed by atoms with van der Waals surface area (Å²) >= 11 is 4.83. The zero-order valence-electron chi connectivity index (χ0n) is 7.00. The van der Waals surface area contributed by atoms with Gasteiger partial charge in [0.15, 0.2) is 10.5 Å². The first-order chi connectivity index (χ1) is 6.68. The van der Waals surface area contributed by atoms with Crippen LogP contribution in [0.1, 0.15) is 10.5 Å². The van der Waals surface area contributed by atoms with Crippen LogP contribution in [0.4, 0.5) is 0 Å². The monoisotopic (exact) mass is 209 g/mol. The van der Waals surface area contributed by atoms with Crippen LogP contribution in [0.5, 0.6) is 0 Å². The number of aromatic nitrogens is 3. The maximum Gasteiger partial charge on any atom is 0.354 e. The van der Waals surface area contributed by atoms with Gasteiger partial charge >= 0.3 is 5.97 Å². The van der Waals surface area contributed by atoms with Crippen molar-refractivity contribution in [1.82, 2.24) is 15.0 Å². The molecular weight excluding hydrogens is 202 g/mol. The molecule has 2 rings (SSSR count). The van der Waals surface area contributed by atoms with Crippen LogP contribution < -0.4 is 0 Å². The lowest BCUT2D eigenvalue weighted by molar-refractivity contribution is 0.0692. The minimum atomic E-state index is -1.03. The third-order valence-electron chi connectivity index (χ3n) is 1.83. The van der Waals surface area contributed by atoms with Crippen LogP contribution in [-0.4, -0.2) is 26.0 Å². The number of hydrogen-bond acceptors (Lipinski definition) is 2. The van der Waals surface area contributed by atoms with Crippen molar-refractivity contribution >= 4 is 18.2 Å². The number of carboxylic acids is 1. The standard InChI is InChI=1S/C8H7N3O2S/c12-7(13)6-5(10-8(14)11-6)4-1-2-9-3-4/h1-3,9H,(H,12,13)(H2,10,11,14). The van der Waals surface area contributed by atoms with Gasteiger partial charge in [0.05, 0.1) is 5.69 Å². The van der Waals surface area contributed by atoms with E-state index in [2.05, 4.69) is 15.0 Å². The van der Waals surface area contributed by atoms with Crippen molar-refractivity contribution in [2.45, 2.75) is 0 Å². The summed E-state index contributed by atoms with van der Waals surface area (Å²) in [6.45, 7) is 0. The lowest BCUT2D eigenvalue weighted by atomic mass is 10.2. The molecule has 4 N–H and O–H groups in total. The maximum atomic E-state index is 10.8. The highest BCUT2D eigenvalue weighted by molar-refractivity contribution is 7.71. The first-order valence-corrected chi connectivity index (χ1v) is 4.28. The molecule has 2 aromatic heterocycles. The highest BCUT2D eigenvalue weighted by Gasteiger charge is 2.14. The summed E-state index contributed by atoms with van der Waals surface area (Å²) in [6.07, 6.45) is 3.41. The van der Waals surface area contributed by atoms with Crippen molar-refractivity contribution in [2.75, 3.05) is 0 Å². The van der Waals surface area contributed by atoms with Gasteiger partial charge in [0.2, 0.25) is 0 Å². The topological polar surface area (TPSA) is 84.7 Å². The fourth-order valence-electron chi connectivity index (χ4n) is 1.24. The summed E-state index contributed by atoms with van der Waals surface area (Å²) in [7, 11) is 0. The number of aromatic amines is 3. The lowest BCUT2D eigenvalue weighted by Crippen LogP contribution is -1.98. The zero-order valence-corrected chi connectivity index (χ0v) is 7.81. The normalized spacial score (nSPS) is 10.3. The molecule has 0 radical (unpaired) electrons. The average Bonchev–Trinajstić information content (AvgIpc) is 2.70. The Kier molecular flexibility index (Phi) is 1.97. The van der Waals surface area contributed by atoms with Crippen LogP contribution >= 0.6 is 12.2 Å². The molecule has 0 fully saturated rings. The molecule has 6 heteroatoms. The molecule has 14 heavy (non-hydrogen) atoms. The van der Waals surface area contributed by atoms with Crippen LogP contribution in [0.3, 0.4) is 0 Å². The molecule has 0 saturated heterocycles. The van der Waals surface area contributed by atoms with E-state index < -0.39 is 5.97 Å². The molecule has 0 spiro atoms. The van der Waals surface area contributed by atoms with Gasteiger partial charge in [-0.3, -0.25) is 0 Å². The molecule has 0 bridgehead atoms. The van der Waals surface area contributed by atoms with E-state index in [1.807, 2.05) is 0 Å². The molecule has 0 aliphatic heterocycles. The van der Waals surface area contributed by atoms with Crippen molar-refractivity contribution < 1.29 is 9.90 Å². The third kappa shape index (κ3) is 1.35. The number of nitrogens with one attached hydrogen (secondary N) is 3. The number of carbonyl (C=O) groups is 1. The van der Waals surface area contributed by atoms with Gasteiger partial charge in [-0.1, -0.05) is 0 Å². The summed E-state index contributed by atoms with van der Waals surface area (Å²) in [5, 5.41) is 8.87. The number of aromatic carboxylic acids is 1. The largest absolute Gasteiger partial charge is 0.477 e. The summed E-state index contributed by atoms with van der Waals surface area (Å²) in [4.78, 5) is 19.0. The molecule has 2 aromatic rings. The highest BCUT2D eigenvalue weighted by Crippen LogP contribution is 2.19. The van der Waals surface area contributed by atoms with Gasteiger partial charge in [-0.05, 0) is 18.3 Å². The van der Waals surface area contributed by atoms with E-state index in [0.29, 0.717) is 10.5 Å². The number of rotatable bonds is 2. The first kappa shape index (κ1) is 8.76. The molecule has 5 nitrogen and oxygen atoms in total. The van der Waals surface area contributed by atoms with Crippen molar-refractivity contribution in [3.05, 3.63) is 28.9 Å². The quantitative estimate of drug-likeness (QED) is 0.568. The smallest absolute Gasteiger partial charge is 0.354 e. The second kappa shape index (κ2) is 3.15. The molecule has 0 aliphatic carbocycles. The van der Waals surface area contributed by atoms with Crippen molar-refractivity contribution in [2.24, 2.45) is 0 Å². The van der Waals surface area contributed by atoms with Crippen molar-refractivity contribution in [3.8, 4) is 11.3 Å². The van der Waals surface area contributed by atoms with E-state index in [4.69, 9.17) is 17.3 Å². The van der Waals surface area contributed by atoms with Crippen LogP contribution in [0.2, 0.25) is 0 Å². The molecule has 0 aliphatic rings. The fourth-order valence-corrected chi connectivity index (χ4v) is 1.44. The molecule has 0 aromatic carbocycles. The first-order valence-electron chi connectivity index (χ1n) is 3.87. The van der Waals surface area contributed by atoms with Gasteiger partial charge in [-0.25, -0.2) is 4.79 Å². The third-order valence-corrected chi connectivity index (χ3v) is 2.03. The number of imidazole rings is 1. The Labute approximate surface area is 83.8 Å². The maximum absolute atomic E-state index is 10.8. The fraction of sp³-hybridized carbons (Fsp3) is 0. The van der Waals surface area contributed by atoms with E-state index >= 15 is 0 Å². The van der Waals surface area contributed by atoms with Crippen molar-refractivity contribution in [1.29, 1.82) is 0 Å². The Bertz CT molecular complexity index is 509. The Morgan fingerprint density at radius 3 is 2.79 bits per heavy atom. The van der Waals surface area contributed by atoms with Gasteiger partial charge in [-0.15, -0.1) is 0 Å². The number of carboxylic acid groups (broad SMARTS) is 1. The van der Waals surface area contributed by atoms with Gasteiger partial charge in [0, 0.05) is 18.0 Å². The van der Waals surface area contributed by atoms with Gasteiger partial charge in [-0.2, -0.15) is 0 Å². The Morgan fingerprint density at radius 2 is 2.21 bits per heavy atom. The van der Waals surface area contributed by atoms with E-state index in [9.17, 15) is 4.79 Å². The SMILES string of the molecule is O=C(O)c1[nH]c(=S)[nH]c1-c1cc[nH]c1. The molecule has 0 unspecified atom stereocenters. The van der Waals surface area contributed by atoms with Crippen LogP contribution in [0, 0.1) is 4.77 Å². The Hall–Kier alpha value is -1.82. The number of hydrogen-bond donors (Lipinski definition) is 4. The summed E-state index contributed by atoms with van der Waals surface area (Å²) in [6, 6.07) is 1.76. The van der Waals surface area contributed by atoms with E-state index in [0.717, 1.165) is 5.56 Å². The van der Waals surface area contributed by atoms with Crippen LogP contribution in [0.15, 0.2) is 18.5 Å². The van der Waals surface area contributed by atoms with Crippen LogP contribution in [-0.2, 0) is 0 Å². The van der Waals surface area contributed by atoms with E-state index in [-0.39, 0.29) is 5.69 Å². The summed E-state index contributed by atoms with van der Waals surface area (Å²) < 4.78 is 0.304. The van der Waals surface area contributed by atoms with Crippen LogP contribution in [0.25, 0.3) is 11.3 Å². The minimum absolute atomic E-state index is 0.0783. The second-order valence-corrected chi connectivity index (χ2v) is 3.14. The molecule has 0 amide bonds. The molecule has 0 atom stereocenters. The zero-order chi connectivity index (χ0) is 10.1. The van der Waals surface area contributed by atoms with Gasteiger partial charge < -0.3 is 20.1 Å². The predicted molar refractivity (Wildman–Crippen MR) is 52.7 cm³/mol. The molecule has 0 saturated carbocycles. The molecule has 72 valence electrons.